The average molecular weight is 288 g/mol. The highest BCUT2D eigenvalue weighted by Gasteiger charge is 2.30. The maximum Gasteiger partial charge on any atom is 0.239 e. The molecule has 2 aliphatic rings. The van der Waals surface area contributed by atoms with E-state index in [1.165, 1.54) is 11.1 Å². The summed E-state index contributed by atoms with van der Waals surface area (Å²) >= 11 is 0. The summed E-state index contributed by atoms with van der Waals surface area (Å²) in [5, 5.41) is 9.78. The standard InChI is InChI=1S/C17H24N2O2/c1-13(18-9-4-7-16(20)12-18)17(21)19-10-8-14-5-2-3-6-15(14)11-19/h2-3,5-6,13,16,20H,4,7-12H2,1H3/t13-,16-/m0/s1. The van der Waals surface area contributed by atoms with Gasteiger partial charge in [0.05, 0.1) is 12.1 Å². The van der Waals surface area contributed by atoms with Crippen molar-refractivity contribution >= 4 is 5.91 Å². The molecule has 1 saturated heterocycles. The van der Waals surface area contributed by atoms with E-state index in [1.54, 1.807) is 0 Å². The third kappa shape index (κ3) is 3.11. The summed E-state index contributed by atoms with van der Waals surface area (Å²) in [6.45, 7) is 5.03. The van der Waals surface area contributed by atoms with E-state index in [4.69, 9.17) is 0 Å². The Bertz CT molecular complexity index is 517. The molecule has 4 heteroatoms. The maximum atomic E-state index is 12.7. The minimum absolute atomic E-state index is 0.134. The van der Waals surface area contributed by atoms with Crippen molar-refractivity contribution in [1.82, 2.24) is 9.80 Å². The zero-order valence-corrected chi connectivity index (χ0v) is 12.7. The molecule has 1 amide bonds. The van der Waals surface area contributed by atoms with E-state index in [0.29, 0.717) is 6.54 Å². The van der Waals surface area contributed by atoms with Crippen LogP contribution >= 0.6 is 0 Å². The van der Waals surface area contributed by atoms with Crippen LogP contribution in [0.2, 0.25) is 0 Å². The first kappa shape index (κ1) is 14.5. The number of piperidine rings is 1. The van der Waals surface area contributed by atoms with Crippen molar-refractivity contribution in [2.75, 3.05) is 19.6 Å². The maximum absolute atomic E-state index is 12.7. The molecule has 0 aliphatic carbocycles. The van der Waals surface area contributed by atoms with Gasteiger partial charge < -0.3 is 10.0 Å². The SMILES string of the molecule is C[C@@H](C(=O)N1CCc2ccccc2C1)N1CCC[C@H](O)C1. The highest BCUT2D eigenvalue weighted by atomic mass is 16.3. The number of β-amino-alcohol motifs (C(OH)–C–C–N with tert-alkyl or cyclic N) is 1. The normalized spacial score (nSPS) is 24.5. The van der Waals surface area contributed by atoms with Crippen LogP contribution < -0.4 is 0 Å². The molecule has 114 valence electrons. The highest BCUT2D eigenvalue weighted by Crippen LogP contribution is 2.21. The van der Waals surface area contributed by atoms with Crippen LogP contribution in [-0.4, -0.2) is 52.6 Å². The summed E-state index contributed by atoms with van der Waals surface area (Å²) < 4.78 is 0. The van der Waals surface area contributed by atoms with E-state index in [0.717, 1.165) is 38.9 Å². The Morgan fingerprint density at radius 3 is 2.81 bits per heavy atom. The van der Waals surface area contributed by atoms with Crippen LogP contribution in [0.25, 0.3) is 0 Å². The number of aliphatic hydroxyl groups excluding tert-OH is 1. The first-order valence-electron chi connectivity index (χ1n) is 7.93. The van der Waals surface area contributed by atoms with E-state index < -0.39 is 0 Å². The van der Waals surface area contributed by atoms with Crippen LogP contribution in [0.1, 0.15) is 30.9 Å². The molecule has 1 N–H and O–H groups in total. The molecule has 0 aromatic heterocycles. The van der Waals surface area contributed by atoms with Crippen molar-refractivity contribution in [3.05, 3.63) is 35.4 Å². The largest absolute Gasteiger partial charge is 0.392 e. The number of benzene rings is 1. The van der Waals surface area contributed by atoms with Crippen LogP contribution in [0.15, 0.2) is 24.3 Å². The molecule has 0 bridgehead atoms. The number of likely N-dealkylation sites (tertiary alicyclic amines) is 1. The van der Waals surface area contributed by atoms with E-state index in [2.05, 4.69) is 23.1 Å². The molecular weight excluding hydrogens is 264 g/mol. The van der Waals surface area contributed by atoms with Gasteiger partial charge in [-0.1, -0.05) is 24.3 Å². The number of rotatable bonds is 2. The number of carbonyl (C=O) groups excluding carboxylic acids is 1. The Morgan fingerprint density at radius 1 is 1.29 bits per heavy atom. The van der Waals surface area contributed by atoms with Crippen molar-refractivity contribution in [2.24, 2.45) is 0 Å². The molecule has 2 heterocycles. The lowest BCUT2D eigenvalue weighted by Gasteiger charge is -2.38. The molecule has 21 heavy (non-hydrogen) atoms. The predicted molar refractivity (Wildman–Crippen MR) is 81.8 cm³/mol. The molecule has 1 fully saturated rings. The number of carbonyl (C=O) groups is 1. The molecule has 1 aromatic rings. The van der Waals surface area contributed by atoms with Crippen LogP contribution in [-0.2, 0) is 17.8 Å². The fourth-order valence-electron chi connectivity index (χ4n) is 3.44. The lowest BCUT2D eigenvalue weighted by atomic mass is 9.99. The van der Waals surface area contributed by atoms with Crippen molar-refractivity contribution in [3.8, 4) is 0 Å². The Balaban J connectivity index is 1.66. The van der Waals surface area contributed by atoms with Gasteiger partial charge in [0.25, 0.3) is 0 Å². The minimum Gasteiger partial charge on any atom is -0.392 e. The summed E-state index contributed by atoms with van der Waals surface area (Å²) in [5.74, 6) is 0.193. The molecule has 0 spiro atoms. The second-order valence-electron chi connectivity index (χ2n) is 6.25. The molecule has 2 aliphatic heterocycles. The number of hydrogen-bond donors (Lipinski definition) is 1. The highest BCUT2D eigenvalue weighted by molar-refractivity contribution is 5.81. The third-order valence-electron chi connectivity index (χ3n) is 4.78. The fourth-order valence-corrected chi connectivity index (χ4v) is 3.44. The van der Waals surface area contributed by atoms with Crippen LogP contribution in [0.5, 0.6) is 0 Å². The van der Waals surface area contributed by atoms with Gasteiger partial charge in [-0.15, -0.1) is 0 Å². The van der Waals surface area contributed by atoms with Gasteiger partial charge in [-0.05, 0) is 43.9 Å². The number of hydrogen-bond acceptors (Lipinski definition) is 3. The first-order chi connectivity index (χ1) is 10.1. The predicted octanol–water partition coefficient (Wildman–Crippen LogP) is 1.42. The lowest BCUT2D eigenvalue weighted by Crippen LogP contribution is -2.52. The van der Waals surface area contributed by atoms with Crippen molar-refractivity contribution in [1.29, 1.82) is 0 Å². The van der Waals surface area contributed by atoms with Gasteiger partial charge in [-0.3, -0.25) is 9.69 Å². The number of fused-ring (bicyclic) bond motifs is 1. The Kier molecular flexibility index (Phi) is 4.27. The number of aliphatic hydroxyl groups is 1. The fraction of sp³-hybridized carbons (Fsp3) is 0.588. The van der Waals surface area contributed by atoms with Gasteiger partial charge in [-0.25, -0.2) is 0 Å². The Labute approximate surface area is 126 Å². The molecule has 1 aromatic carbocycles. The van der Waals surface area contributed by atoms with E-state index >= 15 is 0 Å². The summed E-state index contributed by atoms with van der Waals surface area (Å²) in [6.07, 6.45) is 2.49. The topological polar surface area (TPSA) is 43.8 Å². The van der Waals surface area contributed by atoms with Gasteiger partial charge in [0, 0.05) is 19.6 Å². The smallest absolute Gasteiger partial charge is 0.239 e. The number of nitrogens with zero attached hydrogens (tertiary/aromatic N) is 2. The number of amides is 1. The van der Waals surface area contributed by atoms with Crippen LogP contribution in [0.4, 0.5) is 0 Å². The van der Waals surface area contributed by atoms with E-state index in [-0.39, 0.29) is 18.1 Å². The van der Waals surface area contributed by atoms with Crippen molar-refractivity contribution in [3.63, 3.8) is 0 Å². The van der Waals surface area contributed by atoms with E-state index in [9.17, 15) is 9.90 Å². The van der Waals surface area contributed by atoms with Gasteiger partial charge in [0.1, 0.15) is 0 Å². The monoisotopic (exact) mass is 288 g/mol. The van der Waals surface area contributed by atoms with Crippen molar-refractivity contribution < 1.29 is 9.90 Å². The van der Waals surface area contributed by atoms with Gasteiger partial charge in [0.2, 0.25) is 5.91 Å². The molecule has 4 nitrogen and oxygen atoms in total. The Morgan fingerprint density at radius 2 is 2.05 bits per heavy atom. The molecule has 3 rings (SSSR count). The van der Waals surface area contributed by atoms with E-state index in [1.807, 2.05) is 17.9 Å². The quantitative estimate of drug-likeness (QED) is 0.895. The zero-order valence-electron chi connectivity index (χ0n) is 12.7. The van der Waals surface area contributed by atoms with Gasteiger partial charge >= 0.3 is 0 Å². The minimum atomic E-state index is -0.281. The van der Waals surface area contributed by atoms with Crippen LogP contribution in [0, 0.1) is 0 Å². The molecular formula is C17H24N2O2. The molecule has 2 atom stereocenters. The zero-order chi connectivity index (χ0) is 14.8. The van der Waals surface area contributed by atoms with Gasteiger partial charge in [0.15, 0.2) is 0 Å². The first-order valence-corrected chi connectivity index (χ1v) is 7.93. The average Bonchev–Trinajstić information content (AvgIpc) is 2.53. The molecule has 0 radical (unpaired) electrons. The summed E-state index contributed by atoms with van der Waals surface area (Å²) in [6, 6.07) is 8.24. The molecule has 0 saturated carbocycles. The second kappa shape index (κ2) is 6.16. The van der Waals surface area contributed by atoms with Gasteiger partial charge in [-0.2, -0.15) is 0 Å². The summed E-state index contributed by atoms with van der Waals surface area (Å²) in [5.41, 5.74) is 2.63. The molecule has 0 unspecified atom stereocenters. The second-order valence-corrected chi connectivity index (χ2v) is 6.25. The Hall–Kier alpha value is -1.39. The summed E-state index contributed by atoms with van der Waals surface area (Å²) in [4.78, 5) is 16.8. The van der Waals surface area contributed by atoms with Crippen LogP contribution in [0.3, 0.4) is 0 Å². The van der Waals surface area contributed by atoms with Crippen molar-refractivity contribution in [2.45, 2.75) is 44.9 Å². The third-order valence-corrected chi connectivity index (χ3v) is 4.78. The summed E-state index contributed by atoms with van der Waals surface area (Å²) in [7, 11) is 0. The lowest BCUT2D eigenvalue weighted by molar-refractivity contribution is -0.138.